The summed E-state index contributed by atoms with van der Waals surface area (Å²) in [5, 5.41) is -0.485. The van der Waals surface area contributed by atoms with Gasteiger partial charge in [-0.3, -0.25) is 4.90 Å². The zero-order chi connectivity index (χ0) is 31.3. The Morgan fingerprint density at radius 2 is 1.89 bits per heavy atom. The monoisotopic (exact) mass is 650 g/mol. The highest BCUT2D eigenvalue weighted by Crippen LogP contribution is 2.54. The molecule has 1 aromatic carbocycles. The Kier molecular flexibility index (Phi) is 6.60. The minimum atomic E-state index is -4.93. The summed E-state index contributed by atoms with van der Waals surface area (Å²) in [6.07, 6.45) is 1.18. The maximum absolute atomic E-state index is 16.7. The number of benzene rings is 1. The van der Waals surface area contributed by atoms with E-state index in [-0.39, 0.29) is 41.1 Å². The van der Waals surface area contributed by atoms with Crippen LogP contribution in [0.25, 0.3) is 22.2 Å². The van der Waals surface area contributed by atoms with Gasteiger partial charge in [0.15, 0.2) is 5.82 Å². The fraction of sp³-hybridized carbons (Fsp3) is 0.581. The fourth-order valence-electron chi connectivity index (χ4n) is 8.11. The van der Waals surface area contributed by atoms with Crippen LogP contribution in [-0.4, -0.2) is 69.4 Å². The van der Waals surface area contributed by atoms with Gasteiger partial charge in [-0.05, 0) is 57.2 Å². The van der Waals surface area contributed by atoms with Crippen LogP contribution < -0.4 is 20.1 Å². The van der Waals surface area contributed by atoms with Crippen LogP contribution in [0, 0.1) is 5.82 Å². The maximum atomic E-state index is 16.7. The number of halogens is 6. The molecular weight excluding hydrogens is 619 g/mol. The summed E-state index contributed by atoms with van der Waals surface area (Å²) in [4.78, 5) is 17.9. The van der Waals surface area contributed by atoms with Crippen molar-refractivity contribution in [3.05, 3.63) is 28.5 Å². The van der Waals surface area contributed by atoms with E-state index in [1.54, 1.807) is 0 Å². The topological polar surface area (TPSA) is 89.6 Å². The number of alkyl halides is 4. The van der Waals surface area contributed by atoms with Gasteiger partial charge >= 0.3 is 12.2 Å². The van der Waals surface area contributed by atoms with E-state index < -0.39 is 51.1 Å². The molecule has 1 aliphatic carbocycles. The van der Waals surface area contributed by atoms with E-state index in [9.17, 15) is 17.6 Å². The minimum absolute atomic E-state index is 0.0307. The quantitative estimate of drug-likeness (QED) is 0.246. The molecule has 8 rings (SSSR count). The lowest BCUT2D eigenvalue weighted by Crippen LogP contribution is -2.47. The van der Waals surface area contributed by atoms with Crippen LogP contribution in [0.1, 0.15) is 63.4 Å². The van der Waals surface area contributed by atoms with Gasteiger partial charge in [0.25, 0.3) is 0 Å². The van der Waals surface area contributed by atoms with Gasteiger partial charge in [-0.15, -0.1) is 0 Å². The molecule has 4 aliphatic heterocycles. The molecule has 14 heteroatoms. The van der Waals surface area contributed by atoms with Crippen LogP contribution in [0.2, 0.25) is 5.02 Å². The number of ether oxygens (including phenoxy) is 2. The first kappa shape index (κ1) is 29.2. The second-order valence-corrected chi connectivity index (χ2v) is 13.6. The smallest absolute Gasteiger partial charge is 0.418 e. The molecule has 1 spiro atoms. The number of aromatic nitrogens is 3. The van der Waals surface area contributed by atoms with Gasteiger partial charge in [0.2, 0.25) is 5.88 Å². The molecule has 1 saturated carbocycles. The Balaban J connectivity index is 1.33. The molecule has 6 heterocycles. The predicted octanol–water partition coefficient (Wildman–Crippen LogP) is 6.71. The Labute approximate surface area is 261 Å². The third kappa shape index (κ3) is 4.66. The predicted molar refractivity (Wildman–Crippen MR) is 158 cm³/mol. The number of nitrogen functional groups attached to an aromatic ring is 1. The van der Waals surface area contributed by atoms with Crippen molar-refractivity contribution in [3.8, 4) is 23.1 Å². The zero-order valence-corrected chi connectivity index (χ0v) is 25.2. The standard InChI is InChI=1S/C31H32ClF5N6O2/c32-19-12-17(38)11-18(22(19)31(35,36)37)24-23(34)25-21-26(41-28(40-25)44-15-29-6-4-9-42(29)14-16(33)13-29)43-10-3-1-2-5-20(43)30(7-8-30)45-27(21)39-24/h11-12,16,20H,1-10,13-15,38H2/t16-,20?,29+/m1/s1. The number of rotatable bonds is 4. The summed E-state index contributed by atoms with van der Waals surface area (Å²) >= 11 is 6.05. The molecule has 3 aromatic rings. The van der Waals surface area contributed by atoms with Gasteiger partial charge < -0.3 is 20.1 Å². The van der Waals surface area contributed by atoms with Gasteiger partial charge in [-0.2, -0.15) is 23.1 Å². The van der Waals surface area contributed by atoms with Crippen LogP contribution in [0.3, 0.4) is 0 Å². The molecule has 5 aliphatic rings. The Morgan fingerprint density at radius 1 is 1.07 bits per heavy atom. The second kappa shape index (κ2) is 10.2. The molecule has 3 saturated heterocycles. The Bertz CT molecular complexity index is 1700. The van der Waals surface area contributed by atoms with Crippen LogP contribution in [0.4, 0.5) is 33.5 Å². The lowest BCUT2D eigenvalue weighted by Gasteiger charge is -2.34. The van der Waals surface area contributed by atoms with Gasteiger partial charge in [-0.1, -0.05) is 24.4 Å². The summed E-state index contributed by atoms with van der Waals surface area (Å²) in [5.74, 6) is -0.742. The largest absolute Gasteiger partial charge is 0.468 e. The number of nitrogens with zero attached hydrogens (tertiary/aromatic N) is 5. The van der Waals surface area contributed by atoms with E-state index in [1.165, 1.54) is 0 Å². The molecule has 4 fully saturated rings. The molecule has 8 nitrogen and oxygen atoms in total. The van der Waals surface area contributed by atoms with Crippen molar-refractivity contribution in [2.24, 2.45) is 0 Å². The van der Waals surface area contributed by atoms with E-state index in [2.05, 4.69) is 19.8 Å². The van der Waals surface area contributed by atoms with Gasteiger partial charge in [0.1, 0.15) is 40.8 Å². The average molecular weight is 651 g/mol. The molecule has 0 radical (unpaired) electrons. The Hall–Kier alpha value is -3.19. The van der Waals surface area contributed by atoms with E-state index >= 15 is 4.39 Å². The van der Waals surface area contributed by atoms with Gasteiger partial charge in [0, 0.05) is 30.8 Å². The first-order valence-corrected chi connectivity index (χ1v) is 15.9. The third-order valence-corrected chi connectivity index (χ3v) is 10.6. The van der Waals surface area contributed by atoms with E-state index in [4.69, 9.17) is 31.8 Å². The average Bonchev–Trinajstić information content (AvgIpc) is 3.64. The first-order valence-electron chi connectivity index (χ1n) is 15.5. The highest BCUT2D eigenvalue weighted by atomic mass is 35.5. The number of nitrogens with two attached hydrogens (primary N) is 1. The highest BCUT2D eigenvalue weighted by Gasteiger charge is 2.57. The number of pyridine rings is 1. The van der Waals surface area contributed by atoms with Gasteiger partial charge in [-0.25, -0.2) is 13.8 Å². The summed E-state index contributed by atoms with van der Waals surface area (Å²) in [6.45, 7) is 1.84. The lowest BCUT2D eigenvalue weighted by atomic mass is 9.95. The van der Waals surface area contributed by atoms with Gasteiger partial charge in [0.05, 0.1) is 22.2 Å². The third-order valence-electron chi connectivity index (χ3n) is 10.3. The molecule has 45 heavy (non-hydrogen) atoms. The molecule has 2 N–H and O–H groups in total. The number of hydrogen-bond acceptors (Lipinski definition) is 8. The molecule has 0 bridgehead atoms. The van der Waals surface area contributed by atoms with E-state index in [0.29, 0.717) is 25.3 Å². The number of anilines is 2. The van der Waals surface area contributed by atoms with Crippen molar-refractivity contribution in [1.82, 2.24) is 19.9 Å². The van der Waals surface area contributed by atoms with Crippen LogP contribution in [0.15, 0.2) is 12.1 Å². The van der Waals surface area contributed by atoms with Crippen molar-refractivity contribution < 1.29 is 31.4 Å². The normalized spacial score (nSPS) is 27.2. The van der Waals surface area contributed by atoms with E-state index in [1.807, 2.05) is 0 Å². The van der Waals surface area contributed by atoms with Crippen LogP contribution in [-0.2, 0) is 6.18 Å². The van der Waals surface area contributed by atoms with Crippen molar-refractivity contribution >= 4 is 34.0 Å². The van der Waals surface area contributed by atoms with Crippen LogP contribution >= 0.6 is 11.6 Å². The summed E-state index contributed by atoms with van der Waals surface area (Å²) in [6, 6.07) is 1.77. The number of hydrogen-bond donors (Lipinski definition) is 1. The lowest BCUT2D eigenvalue weighted by molar-refractivity contribution is -0.137. The Morgan fingerprint density at radius 3 is 2.67 bits per heavy atom. The molecule has 3 atom stereocenters. The molecule has 1 unspecified atom stereocenters. The minimum Gasteiger partial charge on any atom is -0.468 e. The van der Waals surface area contributed by atoms with Crippen LogP contribution in [0.5, 0.6) is 11.9 Å². The van der Waals surface area contributed by atoms with E-state index in [0.717, 1.165) is 70.0 Å². The molecule has 2 aromatic heterocycles. The summed E-state index contributed by atoms with van der Waals surface area (Å²) < 4.78 is 86.9. The maximum Gasteiger partial charge on any atom is 0.418 e. The number of fused-ring (bicyclic) bond motifs is 4. The molecule has 0 amide bonds. The second-order valence-electron chi connectivity index (χ2n) is 13.1. The van der Waals surface area contributed by atoms with Crippen molar-refractivity contribution in [2.45, 2.75) is 87.3 Å². The zero-order valence-electron chi connectivity index (χ0n) is 24.4. The highest BCUT2D eigenvalue weighted by molar-refractivity contribution is 6.32. The van der Waals surface area contributed by atoms with Crippen molar-refractivity contribution in [3.63, 3.8) is 0 Å². The van der Waals surface area contributed by atoms with Crippen molar-refractivity contribution in [1.29, 1.82) is 0 Å². The SMILES string of the molecule is Nc1cc(Cl)c(C(F)(F)F)c(-c2nc3c4c(nc(OC[C@@]56CCCN5C[C@H](F)C6)nc4c2F)N2CCCCCC2C2(CC2)O3)c1. The summed E-state index contributed by atoms with van der Waals surface area (Å²) in [7, 11) is 0. The first-order chi connectivity index (χ1) is 21.5. The van der Waals surface area contributed by atoms with Crippen molar-refractivity contribution in [2.75, 3.05) is 36.9 Å². The fourth-order valence-corrected chi connectivity index (χ4v) is 8.44. The molecule has 240 valence electrons. The molecular formula is C31H32ClF5N6O2. The summed E-state index contributed by atoms with van der Waals surface area (Å²) in [5.41, 5.74) is 1.92.